The van der Waals surface area contributed by atoms with Crippen molar-refractivity contribution in [3.8, 4) is 11.5 Å². The maximum atomic E-state index is 5.78. The van der Waals surface area contributed by atoms with Gasteiger partial charge in [-0.3, -0.25) is 0 Å². The van der Waals surface area contributed by atoms with Gasteiger partial charge in [0.1, 0.15) is 27.2 Å². The molecule has 4 aromatic rings. The zero-order valence-electron chi connectivity index (χ0n) is 16.5. The molecule has 0 aromatic heterocycles. The van der Waals surface area contributed by atoms with Gasteiger partial charge in [-0.2, -0.15) is 0 Å². The van der Waals surface area contributed by atoms with E-state index in [4.69, 9.17) is 25.2 Å². The highest BCUT2D eigenvalue weighted by molar-refractivity contribution is 6.32. The molecule has 0 amide bonds. The van der Waals surface area contributed by atoms with Gasteiger partial charge in [0.05, 0.1) is 11.4 Å². The summed E-state index contributed by atoms with van der Waals surface area (Å²) < 4.78 is 11.6. The van der Waals surface area contributed by atoms with E-state index in [0.717, 1.165) is 33.6 Å². The lowest BCUT2D eigenvalue weighted by atomic mass is 9.97. The zero-order valence-corrected chi connectivity index (χ0v) is 16.5. The Morgan fingerprint density at radius 1 is 0.567 bits per heavy atom. The van der Waals surface area contributed by atoms with Crippen molar-refractivity contribution in [2.24, 2.45) is 0 Å². The number of nitrogens with one attached hydrogen (secondary N) is 2. The van der Waals surface area contributed by atoms with Gasteiger partial charge >= 0.3 is 0 Å². The first-order chi connectivity index (χ1) is 14.7. The van der Waals surface area contributed by atoms with Crippen LogP contribution in [-0.4, -0.2) is 29.2 Å². The van der Waals surface area contributed by atoms with E-state index in [9.17, 15) is 0 Å². The molecule has 2 N–H and O–H groups in total. The first-order valence-corrected chi connectivity index (χ1v) is 9.64. The largest absolute Gasteiger partial charge is 0.473 e. The van der Waals surface area contributed by atoms with Crippen LogP contribution in [-0.2, 0) is 0 Å². The molecule has 4 radical (unpaired) electrons. The van der Waals surface area contributed by atoms with Crippen LogP contribution in [0.15, 0.2) is 84.9 Å². The van der Waals surface area contributed by atoms with Crippen LogP contribution in [0.5, 0.6) is 11.5 Å². The predicted octanol–water partition coefficient (Wildman–Crippen LogP) is 3.32. The summed E-state index contributed by atoms with van der Waals surface area (Å²) in [6.07, 6.45) is 0. The first kappa shape index (κ1) is 19.8. The molecule has 0 aliphatic rings. The molecule has 6 heteroatoms. The minimum Gasteiger partial charge on any atom is -0.473 e. The summed E-state index contributed by atoms with van der Waals surface area (Å²) >= 11 is 0. The molecule has 4 rings (SSSR count). The van der Waals surface area contributed by atoms with Crippen molar-refractivity contribution in [2.45, 2.75) is 0 Å². The van der Waals surface area contributed by atoms with E-state index < -0.39 is 0 Å². The second-order valence-electron chi connectivity index (χ2n) is 6.81. The van der Waals surface area contributed by atoms with Gasteiger partial charge in [0.2, 0.25) is 0 Å². The van der Waals surface area contributed by atoms with Gasteiger partial charge in [-0.25, -0.2) is 0 Å². The molecule has 4 nitrogen and oxygen atoms in total. The standard InChI is InChI=1S/C24H20B2N2O2/c25-19-5-9-21(10-6-19)29-15-27-23-13-17-3-1-2-4-18(17)14-24(23)28-16-30-22-11-7-20(26)8-12-22/h1-14,27-28H,15-16H2. The van der Waals surface area contributed by atoms with E-state index >= 15 is 0 Å². The van der Waals surface area contributed by atoms with Crippen molar-refractivity contribution >= 4 is 48.8 Å². The number of anilines is 2. The topological polar surface area (TPSA) is 42.5 Å². The number of fused-ring (bicyclic) bond motifs is 1. The van der Waals surface area contributed by atoms with Crippen LogP contribution < -0.4 is 31.0 Å². The molecule has 0 fully saturated rings. The normalized spacial score (nSPS) is 10.5. The van der Waals surface area contributed by atoms with Gasteiger partial charge in [0.15, 0.2) is 13.5 Å². The summed E-state index contributed by atoms with van der Waals surface area (Å²) in [6, 6.07) is 27.0. The van der Waals surface area contributed by atoms with Gasteiger partial charge in [0, 0.05) is 0 Å². The van der Waals surface area contributed by atoms with Crippen LogP contribution in [0.3, 0.4) is 0 Å². The Labute approximate surface area is 179 Å². The summed E-state index contributed by atoms with van der Waals surface area (Å²) in [5.74, 6) is 1.50. The predicted molar refractivity (Wildman–Crippen MR) is 126 cm³/mol. The molecule has 0 unspecified atom stereocenters. The summed E-state index contributed by atoms with van der Waals surface area (Å²) in [7, 11) is 11.4. The lowest BCUT2D eigenvalue weighted by Gasteiger charge is -2.17. The van der Waals surface area contributed by atoms with Crippen LogP contribution in [0, 0.1) is 0 Å². The van der Waals surface area contributed by atoms with Crippen LogP contribution in [0.2, 0.25) is 0 Å². The third-order valence-electron chi connectivity index (χ3n) is 4.65. The molecule has 0 atom stereocenters. The third kappa shape index (κ3) is 5.09. The second-order valence-corrected chi connectivity index (χ2v) is 6.81. The van der Waals surface area contributed by atoms with E-state index in [-0.39, 0.29) is 0 Å². The van der Waals surface area contributed by atoms with E-state index in [2.05, 4.69) is 34.9 Å². The van der Waals surface area contributed by atoms with Crippen molar-refractivity contribution in [3.05, 3.63) is 84.9 Å². The molecular formula is C24H20B2N2O2. The Kier molecular flexibility index (Phi) is 6.14. The number of rotatable bonds is 8. The average Bonchev–Trinajstić information content (AvgIpc) is 2.76. The smallest absolute Gasteiger partial charge is 0.159 e. The molecule has 0 saturated carbocycles. The van der Waals surface area contributed by atoms with Crippen molar-refractivity contribution in [1.29, 1.82) is 0 Å². The molecule has 0 aliphatic heterocycles. The Balaban J connectivity index is 1.45. The molecule has 0 spiro atoms. The molecule has 0 aliphatic carbocycles. The van der Waals surface area contributed by atoms with Crippen molar-refractivity contribution in [3.63, 3.8) is 0 Å². The molecular weight excluding hydrogens is 370 g/mol. The summed E-state index contributed by atoms with van der Waals surface area (Å²) in [6.45, 7) is 0.630. The van der Waals surface area contributed by atoms with Gasteiger partial charge in [0.25, 0.3) is 0 Å². The molecule has 144 valence electrons. The maximum Gasteiger partial charge on any atom is 0.159 e. The quantitative estimate of drug-likeness (QED) is 0.358. The third-order valence-corrected chi connectivity index (χ3v) is 4.65. The molecule has 4 aromatic carbocycles. The first-order valence-electron chi connectivity index (χ1n) is 9.64. The van der Waals surface area contributed by atoms with E-state index in [1.807, 2.05) is 60.7 Å². The number of hydrogen-bond acceptors (Lipinski definition) is 4. The highest BCUT2D eigenvalue weighted by Gasteiger charge is 2.06. The lowest BCUT2D eigenvalue weighted by molar-refractivity contribution is 0.344. The minimum absolute atomic E-state index is 0.315. The van der Waals surface area contributed by atoms with E-state index in [0.29, 0.717) is 24.4 Å². The van der Waals surface area contributed by atoms with Crippen LogP contribution >= 0.6 is 0 Å². The van der Waals surface area contributed by atoms with Crippen molar-refractivity contribution in [1.82, 2.24) is 0 Å². The number of benzene rings is 4. The molecule has 30 heavy (non-hydrogen) atoms. The summed E-state index contributed by atoms with van der Waals surface area (Å²) in [4.78, 5) is 0. The Morgan fingerprint density at radius 2 is 0.967 bits per heavy atom. The second kappa shape index (κ2) is 9.31. The van der Waals surface area contributed by atoms with Gasteiger partial charge in [-0.1, -0.05) is 59.5 Å². The summed E-state index contributed by atoms with van der Waals surface area (Å²) in [5.41, 5.74) is 3.25. The van der Waals surface area contributed by atoms with Crippen LogP contribution in [0.25, 0.3) is 10.8 Å². The highest BCUT2D eigenvalue weighted by atomic mass is 16.5. The van der Waals surface area contributed by atoms with Gasteiger partial charge < -0.3 is 20.1 Å². The highest BCUT2D eigenvalue weighted by Crippen LogP contribution is 2.28. The Hall–Kier alpha value is -3.53. The fourth-order valence-electron chi connectivity index (χ4n) is 3.06. The van der Waals surface area contributed by atoms with Gasteiger partial charge in [-0.05, 0) is 47.2 Å². The molecule has 0 saturated heterocycles. The van der Waals surface area contributed by atoms with Crippen LogP contribution in [0.4, 0.5) is 11.4 Å². The van der Waals surface area contributed by atoms with Crippen molar-refractivity contribution in [2.75, 3.05) is 24.1 Å². The Bertz CT molecular complexity index is 1030. The zero-order chi connectivity index (χ0) is 20.8. The van der Waals surface area contributed by atoms with Crippen LogP contribution in [0.1, 0.15) is 0 Å². The fourth-order valence-corrected chi connectivity index (χ4v) is 3.06. The molecule has 0 heterocycles. The molecule has 0 bridgehead atoms. The maximum absolute atomic E-state index is 5.78. The Morgan fingerprint density at radius 3 is 1.37 bits per heavy atom. The number of ether oxygens (including phenoxy) is 2. The average molecular weight is 390 g/mol. The summed E-state index contributed by atoms with van der Waals surface area (Å²) in [5, 5.41) is 8.95. The van der Waals surface area contributed by atoms with E-state index in [1.165, 1.54) is 0 Å². The van der Waals surface area contributed by atoms with E-state index in [1.54, 1.807) is 0 Å². The minimum atomic E-state index is 0.315. The van der Waals surface area contributed by atoms with Gasteiger partial charge in [-0.15, -0.1) is 0 Å². The fraction of sp³-hybridized carbons (Fsp3) is 0.0833. The number of hydrogen-bond donors (Lipinski definition) is 2. The monoisotopic (exact) mass is 390 g/mol. The lowest BCUT2D eigenvalue weighted by Crippen LogP contribution is -2.14. The SMILES string of the molecule is [B]c1ccc(OCNc2cc3ccccc3cc2NCOc2ccc([B])cc2)cc1. The van der Waals surface area contributed by atoms with Crippen molar-refractivity contribution < 1.29 is 9.47 Å².